The number of hydrogen-bond acceptors (Lipinski definition) is 3. The van der Waals surface area contributed by atoms with Crippen molar-refractivity contribution in [2.24, 2.45) is 0 Å². The number of ketones is 1. The first-order valence-corrected chi connectivity index (χ1v) is 9.79. The van der Waals surface area contributed by atoms with Crippen LogP contribution in [0.4, 0.5) is 8.78 Å². The monoisotopic (exact) mass is 411 g/mol. The average molecular weight is 411 g/mol. The molecule has 0 saturated heterocycles. The Kier molecular flexibility index (Phi) is 6.45. The molecule has 0 atom stereocenters. The minimum atomic E-state index is -0.998. The third-order valence-electron chi connectivity index (χ3n) is 4.92. The second-order valence-electron chi connectivity index (χ2n) is 7.15. The van der Waals surface area contributed by atoms with Gasteiger partial charge in [0.2, 0.25) is 0 Å². The van der Waals surface area contributed by atoms with Crippen LogP contribution in [0.1, 0.15) is 41.4 Å². The van der Waals surface area contributed by atoms with E-state index in [0.29, 0.717) is 23.5 Å². The number of benzene rings is 2. The number of hydrogen-bond donors (Lipinski definition) is 0. The highest BCUT2D eigenvalue weighted by atomic mass is 19.2. The van der Waals surface area contributed by atoms with E-state index in [1.807, 2.05) is 38.1 Å². The fraction of sp³-hybridized carbons (Fsp3) is 0.250. The molecule has 0 aliphatic carbocycles. The molecule has 0 aliphatic heterocycles. The standard InChI is InChI=1S/C24H23F2NO3/c1-4-5-12-30-24(29)23(28)19-14-22(17-8-6-15(2)7-9-17)27(16(19)3)18-10-11-20(25)21(26)13-18/h6-11,13-14H,4-5,12H2,1-3H3. The number of carbonyl (C=O) groups is 2. The Bertz CT molecular complexity index is 1080. The van der Waals surface area contributed by atoms with Crippen molar-refractivity contribution in [3.8, 4) is 16.9 Å². The van der Waals surface area contributed by atoms with Crippen LogP contribution in [-0.4, -0.2) is 22.9 Å². The van der Waals surface area contributed by atoms with Crippen molar-refractivity contribution in [3.63, 3.8) is 0 Å². The minimum absolute atomic E-state index is 0.164. The molecule has 1 heterocycles. The zero-order valence-corrected chi connectivity index (χ0v) is 17.2. The second-order valence-corrected chi connectivity index (χ2v) is 7.15. The molecule has 4 nitrogen and oxygen atoms in total. The van der Waals surface area contributed by atoms with E-state index >= 15 is 0 Å². The van der Waals surface area contributed by atoms with Gasteiger partial charge in [-0.15, -0.1) is 0 Å². The Hall–Kier alpha value is -3.28. The molecule has 0 radical (unpaired) electrons. The Morgan fingerprint density at radius 3 is 2.30 bits per heavy atom. The lowest BCUT2D eigenvalue weighted by Crippen LogP contribution is -2.19. The summed E-state index contributed by atoms with van der Waals surface area (Å²) >= 11 is 0. The van der Waals surface area contributed by atoms with Gasteiger partial charge >= 0.3 is 5.97 Å². The largest absolute Gasteiger partial charge is 0.460 e. The molecule has 30 heavy (non-hydrogen) atoms. The van der Waals surface area contributed by atoms with Crippen LogP contribution in [0, 0.1) is 25.5 Å². The van der Waals surface area contributed by atoms with Gasteiger partial charge in [-0.05, 0) is 44.0 Å². The minimum Gasteiger partial charge on any atom is -0.460 e. The summed E-state index contributed by atoms with van der Waals surface area (Å²) in [6.07, 6.45) is 1.51. The zero-order chi connectivity index (χ0) is 21.8. The van der Waals surface area contributed by atoms with Gasteiger partial charge in [0.25, 0.3) is 5.78 Å². The molecule has 0 saturated carbocycles. The zero-order valence-electron chi connectivity index (χ0n) is 17.2. The van der Waals surface area contributed by atoms with E-state index in [2.05, 4.69) is 0 Å². The van der Waals surface area contributed by atoms with Crippen molar-refractivity contribution >= 4 is 11.8 Å². The third-order valence-corrected chi connectivity index (χ3v) is 4.92. The lowest BCUT2D eigenvalue weighted by Gasteiger charge is -2.13. The van der Waals surface area contributed by atoms with Gasteiger partial charge in [-0.2, -0.15) is 0 Å². The summed E-state index contributed by atoms with van der Waals surface area (Å²) in [5.74, 6) is -3.65. The van der Waals surface area contributed by atoms with Crippen LogP contribution in [0.5, 0.6) is 0 Å². The number of aromatic nitrogens is 1. The number of carbonyl (C=O) groups excluding carboxylic acids is 2. The number of nitrogens with zero attached hydrogens (tertiary/aromatic N) is 1. The summed E-state index contributed by atoms with van der Waals surface area (Å²) in [7, 11) is 0. The molecular formula is C24H23F2NO3. The lowest BCUT2D eigenvalue weighted by molar-refractivity contribution is -0.138. The molecule has 3 aromatic rings. The molecule has 156 valence electrons. The molecule has 2 aromatic carbocycles. The smallest absolute Gasteiger partial charge is 0.379 e. The van der Waals surface area contributed by atoms with E-state index in [1.165, 1.54) is 6.07 Å². The quantitative estimate of drug-likeness (QED) is 0.221. The van der Waals surface area contributed by atoms with Crippen LogP contribution in [0.2, 0.25) is 0 Å². The van der Waals surface area contributed by atoms with E-state index in [0.717, 1.165) is 29.7 Å². The van der Waals surface area contributed by atoms with Crippen LogP contribution in [0.3, 0.4) is 0 Å². The third kappa shape index (κ3) is 4.32. The first kappa shape index (κ1) is 21.4. The van der Waals surface area contributed by atoms with Crippen LogP contribution in [0.25, 0.3) is 16.9 Å². The van der Waals surface area contributed by atoms with E-state index in [4.69, 9.17) is 4.74 Å². The van der Waals surface area contributed by atoms with Gasteiger partial charge in [0.05, 0.1) is 17.9 Å². The summed E-state index contributed by atoms with van der Waals surface area (Å²) in [5.41, 5.74) is 3.36. The van der Waals surface area contributed by atoms with Crippen LogP contribution < -0.4 is 0 Å². The second kappa shape index (κ2) is 9.03. The topological polar surface area (TPSA) is 48.3 Å². The molecule has 0 amide bonds. The van der Waals surface area contributed by atoms with Gasteiger partial charge in [-0.25, -0.2) is 13.6 Å². The Morgan fingerprint density at radius 1 is 0.967 bits per heavy atom. The van der Waals surface area contributed by atoms with Gasteiger partial charge in [-0.3, -0.25) is 4.79 Å². The highest BCUT2D eigenvalue weighted by Gasteiger charge is 2.25. The highest BCUT2D eigenvalue weighted by Crippen LogP contribution is 2.31. The van der Waals surface area contributed by atoms with Crippen LogP contribution in [0.15, 0.2) is 48.5 Å². The summed E-state index contributed by atoms with van der Waals surface area (Å²) in [6.45, 7) is 5.74. The van der Waals surface area contributed by atoms with E-state index in [1.54, 1.807) is 17.6 Å². The van der Waals surface area contributed by atoms with Gasteiger partial charge in [0, 0.05) is 17.4 Å². The SMILES string of the molecule is CCCCOC(=O)C(=O)c1cc(-c2ccc(C)cc2)n(-c2ccc(F)c(F)c2)c1C. The van der Waals surface area contributed by atoms with E-state index in [9.17, 15) is 18.4 Å². The Balaban J connectivity index is 2.11. The van der Waals surface area contributed by atoms with Crippen molar-refractivity contribution in [3.05, 3.63) is 77.0 Å². The van der Waals surface area contributed by atoms with Gasteiger partial charge in [0.15, 0.2) is 11.6 Å². The van der Waals surface area contributed by atoms with Gasteiger partial charge < -0.3 is 9.30 Å². The number of rotatable bonds is 7. The van der Waals surface area contributed by atoms with Crippen molar-refractivity contribution in [2.75, 3.05) is 6.61 Å². The summed E-state index contributed by atoms with van der Waals surface area (Å²) < 4.78 is 34.1. The number of Topliss-reactive ketones (excluding diaryl/α,β-unsaturated/α-hetero) is 1. The Morgan fingerprint density at radius 2 is 1.67 bits per heavy atom. The fourth-order valence-corrected chi connectivity index (χ4v) is 3.22. The van der Waals surface area contributed by atoms with Crippen LogP contribution in [-0.2, 0) is 9.53 Å². The highest BCUT2D eigenvalue weighted by molar-refractivity contribution is 6.41. The molecule has 3 rings (SSSR count). The number of ether oxygens (including phenoxy) is 1. The van der Waals surface area contributed by atoms with E-state index < -0.39 is 23.4 Å². The van der Waals surface area contributed by atoms with E-state index in [-0.39, 0.29) is 12.2 Å². The molecule has 0 bridgehead atoms. The predicted octanol–water partition coefficient (Wildman–Crippen LogP) is 5.57. The van der Waals surface area contributed by atoms with Crippen molar-refractivity contribution in [1.82, 2.24) is 4.57 Å². The fourth-order valence-electron chi connectivity index (χ4n) is 3.22. The number of esters is 1. The number of aryl methyl sites for hydroxylation is 1. The molecule has 0 aliphatic rings. The van der Waals surface area contributed by atoms with Crippen molar-refractivity contribution in [1.29, 1.82) is 0 Å². The number of halogens is 2. The molecule has 0 spiro atoms. The van der Waals surface area contributed by atoms with Crippen molar-refractivity contribution in [2.45, 2.75) is 33.6 Å². The summed E-state index contributed by atoms with van der Waals surface area (Å²) in [6, 6.07) is 12.7. The Labute approximate surface area is 174 Å². The predicted molar refractivity (Wildman–Crippen MR) is 111 cm³/mol. The van der Waals surface area contributed by atoms with Crippen molar-refractivity contribution < 1.29 is 23.1 Å². The maximum absolute atomic E-state index is 13.9. The maximum atomic E-state index is 13.9. The van der Waals surface area contributed by atoms with Crippen LogP contribution >= 0.6 is 0 Å². The molecule has 6 heteroatoms. The maximum Gasteiger partial charge on any atom is 0.379 e. The van der Waals surface area contributed by atoms with Gasteiger partial charge in [-0.1, -0.05) is 43.2 Å². The first-order valence-electron chi connectivity index (χ1n) is 9.79. The first-order chi connectivity index (χ1) is 14.3. The number of unbranched alkanes of at least 4 members (excludes halogenated alkanes) is 1. The normalized spacial score (nSPS) is 10.8. The molecule has 1 aromatic heterocycles. The molecule has 0 unspecified atom stereocenters. The van der Waals surface area contributed by atoms with Gasteiger partial charge in [0.1, 0.15) is 0 Å². The molecular weight excluding hydrogens is 388 g/mol. The molecule has 0 N–H and O–H groups in total. The average Bonchev–Trinajstić information content (AvgIpc) is 3.07. The summed E-state index contributed by atoms with van der Waals surface area (Å²) in [5, 5.41) is 0. The molecule has 0 fully saturated rings. The summed E-state index contributed by atoms with van der Waals surface area (Å²) in [4.78, 5) is 25.0. The lowest BCUT2D eigenvalue weighted by atomic mass is 10.1.